The molecule has 0 aromatic heterocycles. The first-order valence-electron chi connectivity index (χ1n) is 9.95. The molecule has 0 aromatic rings. The van der Waals surface area contributed by atoms with Crippen molar-refractivity contribution in [3.05, 3.63) is 12.2 Å². The molecule has 0 aromatic carbocycles. The summed E-state index contributed by atoms with van der Waals surface area (Å²) in [6, 6.07) is 0. The summed E-state index contributed by atoms with van der Waals surface area (Å²) in [5, 5.41) is 0. The van der Waals surface area contributed by atoms with E-state index in [-0.39, 0.29) is 36.1 Å². The first kappa shape index (κ1) is 21.0. The summed E-state index contributed by atoms with van der Waals surface area (Å²) in [7, 11) is 1.26. The Morgan fingerprint density at radius 1 is 1.25 bits per heavy atom. The molecule has 2 saturated carbocycles. The molecule has 1 heterocycles. The maximum absolute atomic E-state index is 13.2. The van der Waals surface area contributed by atoms with Crippen molar-refractivity contribution in [1.29, 1.82) is 0 Å². The molecule has 3 aliphatic rings. The normalized spacial score (nSPS) is 33.6. The topological polar surface area (TPSA) is 88.1 Å². The van der Waals surface area contributed by atoms with Crippen LogP contribution in [0, 0.1) is 22.7 Å². The molecule has 0 radical (unpaired) electrons. The van der Waals surface area contributed by atoms with E-state index in [1.165, 1.54) is 13.2 Å². The molecule has 28 heavy (non-hydrogen) atoms. The van der Waals surface area contributed by atoms with Crippen molar-refractivity contribution in [3.8, 4) is 0 Å². The van der Waals surface area contributed by atoms with Crippen LogP contribution in [0.5, 0.6) is 0 Å². The van der Waals surface area contributed by atoms with Crippen LogP contribution in [0.25, 0.3) is 0 Å². The number of fused-ring (bicyclic) bond motifs is 3. The van der Waals surface area contributed by atoms with Crippen molar-refractivity contribution in [2.75, 3.05) is 26.9 Å². The molecule has 1 aliphatic heterocycles. The molecular formula is C21H30O7. The van der Waals surface area contributed by atoms with Gasteiger partial charge in [-0.05, 0) is 26.2 Å². The third kappa shape index (κ3) is 3.62. The SMILES string of the molecule is CCOC(=O)/C=C\C1(C(=O)OC)CC2CC(CCC23OCC(C)(C)CO3)C1=O. The Bertz CT molecular complexity index is 670. The number of hydrogen-bond acceptors (Lipinski definition) is 7. The summed E-state index contributed by atoms with van der Waals surface area (Å²) in [6.07, 6.45) is 4.56. The summed E-state index contributed by atoms with van der Waals surface area (Å²) in [5.74, 6) is -2.63. The molecule has 156 valence electrons. The molecule has 2 aliphatic carbocycles. The minimum atomic E-state index is -1.51. The predicted octanol–water partition coefficient (Wildman–Crippen LogP) is 2.42. The first-order valence-corrected chi connectivity index (χ1v) is 9.95. The van der Waals surface area contributed by atoms with Gasteiger partial charge in [-0.1, -0.05) is 19.9 Å². The van der Waals surface area contributed by atoms with Crippen LogP contribution in [-0.4, -0.2) is 50.4 Å². The van der Waals surface area contributed by atoms with Crippen LogP contribution in [0.15, 0.2) is 12.2 Å². The second-order valence-corrected chi connectivity index (χ2v) is 8.84. The van der Waals surface area contributed by atoms with Gasteiger partial charge in [0.05, 0.1) is 26.9 Å². The van der Waals surface area contributed by atoms with Crippen LogP contribution < -0.4 is 0 Å². The molecule has 7 nitrogen and oxygen atoms in total. The zero-order chi connectivity index (χ0) is 20.6. The van der Waals surface area contributed by atoms with Crippen LogP contribution in [0.3, 0.4) is 0 Å². The Morgan fingerprint density at radius 2 is 1.93 bits per heavy atom. The molecule has 1 spiro atoms. The van der Waals surface area contributed by atoms with Gasteiger partial charge in [0.2, 0.25) is 0 Å². The number of carbonyl (C=O) groups excluding carboxylic acids is 3. The molecule has 0 N–H and O–H groups in total. The van der Waals surface area contributed by atoms with Gasteiger partial charge in [0.25, 0.3) is 0 Å². The van der Waals surface area contributed by atoms with Gasteiger partial charge in [-0.15, -0.1) is 0 Å². The maximum atomic E-state index is 13.2. The summed E-state index contributed by atoms with van der Waals surface area (Å²) >= 11 is 0. The van der Waals surface area contributed by atoms with Gasteiger partial charge >= 0.3 is 11.9 Å². The van der Waals surface area contributed by atoms with Gasteiger partial charge in [0, 0.05) is 29.7 Å². The Hall–Kier alpha value is -1.73. The van der Waals surface area contributed by atoms with Crippen molar-refractivity contribution >= 4 is 17.7 Å². The predicted molar refractivity (Wildman–Crippen MR) is 99.1 cm³/mol. The van der Waals surface area contributed by atoms with E-state index in [0.717, 1.165) is 6.08 Å². The highest BCUT2D eigenvalue weighted by Gasteiger charge is 2.61. The number of rotatable bonds is 4. The average Bonchev–Trinajstić information content (AvgIpc) is 2.67. The quantitative estimate of drug-likeness (QED) is 0.411. The largest absolute Gasteiger partial charge is 0.468 e. The van der Waals surface area contributed by atoms with Crippen molar-refractivity contribution < 1.29 is 33.3 Å². The lowest BCUT2D eigenvalue weighted by atomic mass is 9.57. The van der Waals surface area contributed by atoms with E-state index in [1.54, 1.807) is 6.92 Å². The zero-order valence-corrected chi connectivity index (χ0v) is 17.1. The monoisotopic (exact) mass is 394 g/mol. The van der Waals surface area contributed by atoms with Crippen LogP contribution in [-0.2, 0) is 33.3 Å². The number of esters is 2. The number of Topliss-reactive ketones (excluding diaryl/α,β-unsaturated/α-hetero) is 1. The Kier molecular flexibility index (Phi) is 5.69. The second kappa shape index (κ2) is 7.59. The van der Waals surface area contributed by atoms with Crippen LogP contribution in [0.1, 0.15) is 46.5 Å². The van der Waals surface area contributed by atoms with E-state index in [0.29, 0.717) is 32.5 Å². The zero-order valence-electron chi connectivity index (χ0n) is 17.1. The molecule has 3 unspecified atom stereocenters. The first-order chi connectivity index (χ1) is 13.2. The van der Waals surface area contributed by atoms with E-state index in [4.69, 9.17) is 18.9 Å². The van der Waals surface area contributed by atoms with Gasteiger partial charge in [-0.25, -0.2) is 4.79 Å². The lowest BCUT2D eigenvalue weighted by Crippen LogP contribution is -2.61. The van der Waals surface area contributed by atoms with Crippen LogP contribution >= 0.6 is 0 Å². The van der Waals surface area contributed by atoms with E-state index in [1.807, 2.05) is 0 Å². The number of hydrogen-bond donors (Lipinski definition) is 0. The molecule has 1 saturated heterocycles. The van der Waals surface area contributed by atoms with Crippen molar-refractivity contribution in [1.82, 2.24) is 0 Å². The minimum Gasteiger partial charge on any atom is -0.468 e. The van der Waals surface area contributed by atoms with Gasteiger partial charge in [-0.2, -0.15) is 0 Å². The van der Waals surface area contributed by atoms with Crippen molar-refractivity contribution in [2.24, 2.45) is 22.7 Å². The lowest BCUT2D eigenvalue weighted by Gasteiger charge is -2.55. The van der Waals surface area contributed by atoms with Crippen LogP contribution in [0.2, 0.25) is 0 Å². The van der Waals surface area contributed by atoms with Gasteiger partial charge in [0.15, 0.2) is 11.6 Å². The fourth-order valence-corrected chi connectivity index (χ4v) is 4.63. The second-order valence-electron chi connectivity index (χ2n) is 8.84. The van der Waals surface area contributed by atoms with E-state index in [9.17, 15) is 14.4 Å². The summed E-state index contributed by atoms with van der Waals surface area (Å²) in [6.45, 7) is 7.20. The number of ketones is 1. The minimum absolute atomic E-state index is 0.0736. The van der Waals surface area contributed by atoms with Gasteiger partial charge in [-0.3, -0.25) is 9.59 Å². The molecular weight excluding hydrogens is 364 g/mol. The lowest BCUT2D eigenvalue weighted by molar-refractivity contribution is -0.339. The highest BCUT2D eigenvalue weighted by molar-refractivity contribution is 6.08. The Balaban J connectivity index is 1.92. The van der Waals surface area contributed by atoms with E-state index >= 15 is 0 Å². The third-order valence-corrected chi connectivity index (χ3v) is 6.17. The Labute approximate surface area is 165 Å². The number of carbonyl (C=O) groups is 3. The van der Waals surface area contributed by atoms with E-state index in [2.05, 4.69) is 13.8 Å². The molecule has 3 rings (SSSR count). The fourth-order valence-electron chi connectivity index (χ4n) is 4.63. The maximum Gasteiger partial charge on any atom is 0.330 e. The number of methoxy groups -OCH3 is 1. The molecule has 3 atom stereocenters. The molecule has 3 fully saturated rings. The third-order valence-electron chi connectivity index (χ3n) is 6.17. The number of ether oxygens (including phenoxy) is 4. The summed E-state index contributed by atoms with van der Waals surface area (Å²) in [5.41, 5.74) is -1.59. The average molecular weight is 394 g/mol. The highest BCUT2D eigenvalue weighted by Crippen LogP contribution is 2.54. The smallest absolute Gasteiger partial charge is 0.330 e. The standard InChI is InChI=1S/C21H30O7/c1-5-26-16(22)7-8-20(18(24)25-4)11-15-10-14(17(20)23)6-9-21(15)27-12-19(2,3)13-28-21/h7-8,14-15H,5-6,9-13H2,1-4H3/b8-7-. The van der Waals surface area contributed by atoms with Crippen molar-refractivity contribution in [3.63, 3.8) is 0 Å². The summed E-state index contributed by atoms with van der Waals surface area (Å²) in [4.78, 5) is 37.8. The Morgan fingerprint density at radius 3 is 2.54 bits per heavy atom. The highest BCUT2D eigenvalue weighted by atomic mass is 16.7. The van der Waals surface area contributed by atoms with Gasteiger partial charge < -0.3 is 18.9 Å². The van der Waals surface area contributed by atoms with Crippen molar-refractivity contribution in [2.45, 2.75) is 52.2 Å². The molecule has 7 heteroatoms. The molecule has 2 bridgehead atoms. The summed E-state index contributed by atoms with van der Waals surface area (Å²) < 4.78 is 22.3. The fraction of sp³-hybridized carbons (Fsp3) is 0.762. The van der Waals surface area contributed by atoms with Gasteiger partial charge in [0.1, 0.15) is 5.41 Å². The van der Waals surface area contributed by atoms with Crippen LogP contribution in [0.4, 0.5) is 0 Å². The molecule has 0 amide bonds. The van der Waals surface area contributed by atoms with E-state index < -0.39 is 23.1 Å².